The number of nitrogens with one attached hydrogen (secondary N) is 2. The molecule has 2 N–H and O–H groups in total. The summed E-state index contributed by atoms with van der Waals surface area (Å²) in [5.74, 6) is 0.481. The van der Waals surface area contributed by atoms with Crippen LogP contribution in [0, 0.1) is 12.3 Å². The molecule has 88 valence electrons. The van der Waals surface area contributed by atoms with E-state index < -0.39 is 0 Å². The Morgan fingerprint density at radius 3 is 3.00 bits per heavy atom. The molecule has 1 atom stereocenters. The van der Waals surface area contributed by atoms with Gasteiger partial charge in [0.05, 0.1) is 5.41 Å². The Morgan fingerprint density at radius 1 is 1.69 bits per heavy atom. The van der Waals surface area contributed by atoms with Gasteiger partial charge in [-0.25, -0.2) is 0 Å². The minimum Gasteiger partial charge on any atom is -0.316 e. The van der Waals surface area contributed by atoms with Crippen molar-refractivity contribution in [3.63, 3.8) is 0 Å². The highest BCUT2D eigenvalue weighted by molar-refractivity contribution is 5.94. The number of hydrogen-bond donors (Lipinski definition) is 2. The summed E-state index contributed by atoms with van der Waals surface area (Å²) in [4.78, 5) is 16.1. The van der Waals surface area contributed by atoms with Gasteiger partial charge in [0.1, 0.15) is 0 Å². The first kappa shape index (κ1) is 11.1. The maximum atomic E-state index is 12.1. The van der Waals surface area contributed by atoms with Crippen LogP contribution < -0.4 is 10.6 Å². The van der Waals surface area contributed by atoms with E-state index in [1.54, 1.807) is 6.92 Å². The van der Waals surface area contributed by atoms with Crippen LogP contribution in [0.1, 0.15) is 25.6 Å². The van der Waals surface area contributed by atoms with Gasteiger partial charge in [-0.15, -0.1) is 0 Å². The van der Waals surface area contributed by atoms with Gasteiger partial charge in [0.15, 0.2) is 5.82 Å². The number of carbonyl (C=O) groups is 1. The van der Waals surface area contributed by atoms with E-state index in [1.165, 1.54) is 0 Å². The zero-order valence-electron chi connectivity index (χ0n) is 9.54. The smallest absolute Gasteiger partial charge is 0.316 e. The number of carbonyl (C=O) groups excluding carboxylic acids is 1. The molecule has 0 spiro atoms. The molecule has 1 unspecified atom stereocenters. The second-order valence-corrected chi connectivity index (χ2v) is 4.16. The van der Waals surface area contributed by atoms with E-state index in [-0.39, 0.29) is 17.3 Å². The Labute approximate surface area is 93.8 Å². The fourth-order valence-electron chi connectivity index (χ4n) is 1.98. The summed E-state index contributed by atoms with van der Waals surface area (Å²) in [6.07, 6.45) is 1.65. The van der Waals surface area contributed by atoms with Gasteiger partial charge in [0.25, 0.3) is 0 Å². The Bertz CT molecular complexity index is 382. The molecule has 1 saturated heterocycles. The van der Waals surface area contributed by atoms with Gasteiger partial charge in [0.2, 0.25) is 5.91 Å². The number of anilines is 1. The molecule has 1 amide bonds. The van der Waals surface area contributed by atoms with Crippen molar-refractivity contribution in [1.82, 2.24) is 15.5 Å². The van der Waals surface area contributed by atoms with Crippen LogP contribution in [0.2, 0.25) is 0 Å². The van der Waals surface area contributed by atoms with Gasteiger partial charge in [-0.3, -0.25) is 10.1 Å². The highest BCUT2D eigenvalue weighted by Gasteiger charge is 2.40. The molecule has 1 aliphatic heterocycles. The van der Waals surface area contributed by atoms with Gasteiger partial charge < -0.3 is 9.84 Å². The zero-order chi connectivity index (χ0) is 11.6. The van der Waals surface area contributed by atoms with Crippen molar-refractivity contribution < 1.29 is 9.32 Å². The number of aromatic nitrogens is 2. The SMILES string of the molecule is CCC1(C(=O)Nc2nc(C)no2)CCNC1. The third kappa shape index (κ3) is 1.92. The Hall–Kier alpha value is -1.43. The normalized spacial score (nSPS) is 24.6. The predicted molar refractivity (Wildman–Crippen MR) is 57.9 cm³/mol. The highest BCUT2D eigenvalue weighted by Crippen LogP contribution is 2.30. The first-order valence-electron chi connectivity index (χ1n) is 5.49. The van der Waals surface area contributed by atoms with Crippen LogP contribution in [0.3, 0.4) is 0 Å². The van der Waals surface area contributed by atoms with Gasteiger partial charge in [-0.05, 0) is 26.3 Å². The van der Waals surface area contributed by atoms with Crippen LogP contribution in [-0.2, 0) is 4.79 Å². The summed E-state index contributed by atoms with van der Waals surface area (Å²) in [7, 11) is 0. The topological polar surface area (TPSA) is 80.1 Å². The van der Waals surface area contributed by atoms with E-state index in [0.29, 0.717) is 12.4 Å². The van der Waals surface area contributed by atoms with E-state index in [2.05, 4.69) is 20.8 Å². The average Bonchev–Trinajstić information content (AvgIpc) is 2.88. The summed E-state index contributed by atoms with van der Waals surface area (Å²) in [5, 5.41) is 9.51. The van der Waals surface area contributed by atoms with Crippen LogP contribution >= 0.6 is 0 Å². The van der Waals surface area contributed by atoms with Crippen molar-refractivity contribution in [2.45, 2.75) is 26.7 Å². The van der Waals surface area contributed by atoms with Gasteiger partial charge in [0, 0.05) is 6.54 Å². The summed E-state index contributed by atoms with van der Waals surface area (Å²) < 4.78 is 4.87. The van der Waals surface area contributed by atoms with Crippen LogP contribution in [0.15, 0.2) is 4.52 Å². The number of aryl methyl sites for hydroxylation is 1. The maximum absolute atomic E-state index is 12.1. The summed E-state index contributed by atoms with van der Waals surface area (Å²) >= 11 is 0. The van der Waals surface area contributed by atoms with Crippen molar-refractivity contribution in [1.29, 1.82) is 0 Å². The van der Waals surface area contributed by atoms with E-state index in [0.717, 1.165) is 19.4 Å². The lowest BCUT2D eigenvalue weighted by atomic mass is 9.83. The molecule has 2 rings (SSSR count). The highest BCUT2D eigenvalue weighted by atomic mass is 16.5. The molecule has 1 aliphatic rings. The molecule has 0 radical (unpaired) electrons. The molecule has 1 fully saturated rings. The Morgan fingerprint density at radius 2 is 2.50 bits per heavy atom. The number of hydrogen-bond acceptors (Lipinski definition) is 5. The number of amides is 1. The molecule has 6 nitrogen and oxygen atoms in total. The van der Waals surface area contributed by atoms with Gasteiger partial charge >= 0.3 is 6.01 Å². The van der Waals surface area contributed by atoms with Crippen molar-refractivity contribution in [3.05, 3.63) is 5.82 Å². The molecule has 6 heteroatoms. The molecule has 1 aromatic rings. The predicted octanol–water partition coefficient (Wildman–Crippen LogP) is 0.706. The van der Waals surface area contributed by atoms with E-state index in [4.69, 9.17) is 4.52 Å². The van der Waals surface area contributed by atoms with E-state index >= 15 is 0 Å². The van der Waals surface area contributed by atoms with E-state index in [9.17, 15) is 4.79 Å². The minimum atomic E-state index is -0.331. The lowest BCUT2D eigenvalue weighted by Crippen LogP contribution is -2.37. The molecule has 0 saturated carbocycles. The fourth-order valence-corrected chi connectivity index (χ4v) is 1.98. The van der Waals surface area contributed by atoms with Crippen molar-refractivity contribution in [2.75, 3.05) is 18.4 Å². The lowest BCUT2D eigenvalue weighted by Gasteiger charge is -2.23. The van der Waals surface area contributed by atoms with Crippen LogP contribution in [0.25, 0.3) is 0 Å². The first-order chi connectivity index (χ1) is 7.66. The summed E-state index contributed by atoms with van der Waals surface area (Å²) in [5.41, 5.74) is -0.331. The molecule has 16 heavy (non-hydrogen) atoms. The van der Waals surface area contributed by atoms with Gasteiger partial charge in [-0.1, -0.05) is 12.1 Å². The molecule has 2 heterocycles. The van der Waals surface area contributed by atoms with Crippen molar-refractivity contribution in [2.24, 2.45) is 5.41 Å². The minimum absolute atomic E-state index is 0.0383. The Kier molecular flexibility index (Phi) is 2.91. The second kappa shape index (κ2) is 4.21. The van der Waals surface area contributed by atoms with Crippen LogP contribution in [0.5, 0.6) is 0 Å². The van der Waals surface area contributed by atoms with Crippen LogP contribution in [0.4, 0.5) is 6.01 Å². The first-order valence-corrected chi connectivity index (χ1v) is 5.49. The molecule has 1 aromatic heterocycles. The third-order valence-corrected chi connectivity index (χ3v) is 3.15. The van der Waals surface area contributed by atoms with Crippen molar-refractivity contribution in [3.8, 4) is 0 Å². The standard InChI is InChI=1S/C10H16N4O2/c1-3-10(4-5-11-6-10)8(15)13-9-12-7(2)14-16-9/h11H,3-6H2,1-2H3,(H,12,13,14,15). The maximum Gasteiger partial charge on any atom is 0.328 e. The lowest BCUT2D eigenvalue weighted by molar-refractivity contribution is -0.125. The van der Waals surface area contributed by atoms with Crippen molar-refractivity contribution >= 4 is 11.9 Å². The monoisotopic (exact) mass is 224 g/mol. The molecular weight excluding hydrogens is 208 g/mol. The summed E-state index contributed by atoms with van der Waals surface area (Å²) in [6, 6.07) is 0.183. The third-order valence-electron chi connectivity index (χ3n) is 3.15. The molecule has 0 aliphatic carbocycles. The Balaban J connectivity index is 2.07. The largest absolute Gasteiger partial charge is 0.328 e. The zero-order valence-corrected chi connectivity index (χ0v) is 9.54. The van der Waals surface area contributed by atoms with Crippen LogP contribution in [-0.4, -0.2) is 29.1 Å². The van der Waals surface area contributed by atoms with E-state index in [1.807, 2.05) is 6.92 Å². The molecule has 0 bridgehead atoms. The number of nitrogens with zero attached hydrogens (tertiary/aromatic N) is 2. The quantitative estimate of drug-likeness (QED) is 0.790. The average molecular weight is 224 g/mol. The number of rotatable bonds is 3. The molecule has 0 aromatic carbocycles. The second-order valence-electron chi connectivity index (χ2n) is 4.16. The summed E-state index contributed by atoms with van der Waals surface area (Å²) in [6.45, 7) is 5.32. The fraction of sp³-hybridized carbons (Fsp3) is 0.700. The van der Waals surface area contributed by atoms with Gasteiger partial charge in [-0.2, -0.15) is 4.98 Å². The molecular formula is C10H16N4O2.